The number of aliphatic hydroxyl groups excluding tert-OH is 1. The van der Waals surface area contributed by atoms with Gasteiger partial charge in [-0.25, -0.2) is 8.42 Å². The van der Waals surface area contributed by atoms with Crippen molar-refractivity contribution in [2.24, 2.45) is 5.92 Å². The fourth-order valence-electron chi connectivity index (χ4n) is 3.58. The van der Waals surface area contributed by atoms with Crippen molar-refractivity contribution < 1.29 is 18.3 Å². The third-order valence-electron chi connectivity index (χ3n) is 5.06. The highest BCUT2D eigenvalue weighted by atomic mass is 32.2. The van der Waals surface area contributed by atoms with Crippen LogP contribution in [0.2, 0.25) is 0 Å². The Labute approximate surface area is 144 Å². The van der Waals surface area contributed by atoms with E-state index in [2.05, 4.69) is 4.90 Å². The van der Waals surface area contributed by atoms with E-state index in [9.17, 15) is 13.5 Å². The van der Waals surface area contributed by atoms with E-state index < -0.39 is 16.1 Å². The van der Waals surface area contributed by atoms with Gasteiger partial charge in [0, 0.05) is 32.8 Å². The van der Waals surface area contributed by atoms with Crippen LogP contribution in [-0.4, -0.2) is 74.8 Å². The first kappa shape index (κ1) is 17.8. The highest BCUT2D eigenvalue weighted by Crippen LogP contribution is 2.25. The molecule has 0 bridgehead atoms. The predicted molar refractivity (Wildman–Crippen MR) is 91.2 cm³/mol. The Kier molecular flexibility index (Phi) is 5.56. The minimum Gasteiger partial charge on any atom is -0.390 e. The largest absolute Gasteiger partial charge is 0.390 e. The molecule has 2 heterocycles. The molecular formula is C17H26N2O4S. The average molecular weight is 354 g/mol. The quantitative estimate of drug-likeness (QED) is 0.846. The van der Waals surface area contributed by atoms with Crippen molar-refractivity contribution in [3.05, 3.63) is 30.3 Å². The van der Waals surface area contributed by atoms with Crippen LogP contribution in [0.3, 0.4) is 0 Å². The summed E-state index contributed by atoms with van der Waals surface area (Å²) < 4.78 is 32.2. The lowest BCUT2D eigenvalue weighted by atomic mass is 9.99. The molecule has 1 aromatic rings. The summed E-state index contributed by atoms with van der Waals surface area (Å²) in [6.45, 7) is 2.93. The van der Waals surface area contributed by atoms with Crippen molar-refractivity contribution in [3.8, 4) is 0 Å². The summed E-state index contributed by atoms with van der Waals surface area (Å²) in [5, 5.41) is 10.4. The van der Waals surface area contributed by atoms with Gasteiger partial charge in [-0.05, 0) is 37.9 Å². The highest BCUT2D eigenvalue weighted by Gasteiger charge is 2.40. The molecule has 134 valence electrons. The predicted octanol–water partition coefficient (Wildman–Crippen LogP) is 0.779. The number of rotatable bonds is 5. The summed E-state index contributed by atoms with van der Waals surface area (Å²) >= 11 is 0. The van der Waals surface area contributed by atoms with E-state index >= 15 is 0 Å². The van der Waals surface area contributed by atoms with Gasteiger partial charge in [-0.3, -0.25) is 4.90 Å². The number of likely N-dealkylation sites (N-methyl/N-ethyl adjacent to an activating group) is 1. The first-order valence-corrected chi connectivity index (χ1v) is 9.93. The zero-order valence-electron chi connectivity index (χ0n) is 14.0. The molecule has 0 unspecified atom stereocenters. The normalized spacial score (nSPS) is 27.0. The van der Waals surface area contributed by atoms with Gasteiger partial charge >= 0.3 is 0 Å². The second-order valence-electron chi connectivity index (χ2n) is 6.77. The van der Waals surface area contributed by atoms with Gasteiger partial charge < -0.3 is 9.84 Å². The standard InChI is InChI=1S/C17H26N2O4S/c1-18(11-14-7-9-23-10-8-14)16-12-19(13-17(16)20)24(21,22)15-5-3-2-4-6-15/h2-6,14,16-17,20H,7-13H2,1H3/t16-,17-/m0/s1. The van der Waals surface area contributed by atoms with Crippen molar-refractivity contribution in [2.45, 2.75) is 29.9 Å². The summed E-state index contributed by atoms with van der Waals surface area (Å²) in [7, 11) is -1.57. The molecule has 0 radical (unpaired) electrons. The number of nitrogens with zero attached hydrogens (tertiary/aromatic N) is 2. The molecule has 0 spiro atoms. The molecular weight excluding hydrogens is 328 g/mol. The summed E-state index contributed by atoms with van der Waals surface area (Å²) in [4.78, 5) is 2.39. The average Bonchev–Trinajstić information content (AvgIpc) is 2.99. The van der Waals surface area contributed by atoms with Crippen LogP contribution < -0.4 is 0 Å². The smallest absolute Gasteiger partial charge is 0.243 e. The number of benzene rings is 1. The van der Waals surface area contributed by atoms with Crippen LogP contribution in [0.15, 0.2) is 35.2 Å². The third-order valence-corrected chi connectivity index (χ3v) is 6.91. The summed E-state index contributed by atoms with van der Waals surface area (Å²) in [5.74, 6) is 0.552. The van der Waals surface area contributed by atoms with E-state index in [4.69, 9.17) is 4.74 Å². The van der Waals surface area contributed by atoms with Gasteiger partial charge in [0.2, 0.25) is 10.0 Å². The second-order valence-corrected chi connectivity index (χ2v) is 8.70. The lowest BCUT2D eigenvalue weighted by Crippen LogP contribution is -2.44. The summed E-state index contributed by atoms with van der Waals surface area (Å²) in [6.07, 6.45) is 1.39. The zero-order chi connectivity index (χ0) is 17.2. The fraction of sp³-hybridized carbons (Fsp3) is 0.647. The maximum absolute atomic E-state index is 12.7. The van der Waals surface area contributed by atoms with Crippen LogP contribution >= 0.6 is 0 Å². The van der Waals surface area contributed by atoms with E-state index in [0.717, 1.165) is 32.6 Å². The summed E-state index contributed by atoms with van der Waals surface area (Å²) in [5.41, 5.74) is 0. The molecule has 2 aliphatic heterocycles. The number of hydrogen-bond donors (Lipinski definition) is 1. The molecule has 6 nitrogen and oxygen atoms in total. The first-order chi connectivity index (χ1) is 11.5. The molecule has 1 N–H and O–H groups in total. The number of ether oxygens (including phenoxy) is 1. The zero-order valence-corrected chi connectivity index (χ0v) is 14.9. The molecule has 2 saturated heterocycles. The molecule has 2 fully saturated rings. The van der Waals surface area contributed by atoms with Gasteiger partial charge in [0.25, 0.3) is 0 Å². The number of β-amino-alcohol motifs (C(OH)–C–C–N with tert-alkyl or cyclic N) is 1. The van der Waals surface area contributed by atoms with Crippen molar-refractivity contribution in [1.29, 1.82) is 0 Å². The Morgan fingerprint density at radius 3 is 2.54 bits per heavy atom. The van der Waals surface area contributed by atoms with Crippen molar-refractivity contribution in [3.63, 3.8) is 0 Å². The van der Waals surface area contributed by atoms with Gasteiger partial charge in [0.15, 0.2) is 0 Å². The molecule has 0 aliphatic carbocycles. The Hall–Kier alpha value is -0.990. The third kappa shape index (κ3) is 3.81. The van der Waals surface area contributed by atoms with Crippen molar-refractivity contribution >= 4 is 10.0 Å². The molecule has 1 aromatic carbocycles. The van der Waals surface area contributed by atoms with Crippen LogP contribution in [0.4, 0.5) is 0 Å². The Balaban J connectivity index is 1.65. The van der Waals surface area contributed by atoms with Crippen LogP contribution in [0.25, 0.3) is 0 Å². The molecule has 0 aromatic heterocycles. The SMILES string of the molecule is CN(CC1CCOCC1)[C@H]1CN(S(=O)(=O)c2ccccc2)C[C@@H]1O. The molecule has 2 atom stereocenters. The number of aliphatic hydroxyl groups is 1. The van der Waals surface area contributed by atoms with Gasteiger partial charge in [0.1, 0.15) is 0 Å². The lowest BCUT2D eigenvalue weighted by Gasteiger charge is -2.32. The van der Waals surface area contributed by atoms with Crippen molar-refractivity contribution in [2.75, 3.05) is 39.9 Å². The van der Waals surface area contributed by atoms with E-state index in [1.165, 1.54) is 4.31 Å². The maximum Gasteiger partial charge on any atom is 0.243 e. The van der Waals surface area contributed by atoms with Crippen LogP contribution in [0.1, 0.15) is 12.8 Å². The van der Waals surface area contributed by atoms with E-state index in [-0.39, 0.29) is 17.5 Å². The maximum atomic E-state index is 12.7. The van der Waals surface area contributed by atoms with Gasteiger partial charge in [0.05, 0.1) is 17.0 Å². The van der Waals surface area contributed by atoms with Crippen LogP contribution in [0, 0.1) is 5.92 Å². The first-order valence-electron chi connectivity index (χ1n) is 8.49. The molecule has 0 saturated carbocycles. The van der Waals surface area contributed by atoms with Crippen LogP contribution in [0.5, 0.6) is 0 Å². The summed E-state index contributed by atoms with van der Waals surface area (Å²) in [6, 6.07) is 8.26. The fourth-order valence-corrected chi connectivity index (χ4v) is 5.07. The minimum atomic E-state index is -3.54. The molecule has 7 heteroatoms. The van der Waals surface area contributed by atoms with E-state index in [1.807, 2.05) is 7.05 Å². The number of hydrogen-bond acceptors (Lipinski definition) is 5. The topological polar surface area (TPSA) is 70.1 Å². The second kappa shape index (κ2) is 7.49. The Morgan fingerprint density at radius 2 is 1.88 bits per heavy atom. The molecule has 24 heavy (non-hydrogen) atoms. The van der Waals surface area contributed by atoms with E-state index in [1.54, 1.807) is 30.3 Å². The van der Waals surface area contributed by atoms with Crippen LogP contribution in [-0.2, 0) is 14.8 Å². The Morgan fingerprint density at radius 1 is 1.21 bits per heavy atom. The lowest BCUT2D eigenvalue weighted by molar-refractivity contribution is 0.0381. The number of sulfonamides is 1. The Bertz CT molecular complexity index is 631. The monoisotopic (exact) mass is 354 g/mol. The molecule has 3 rings (SSSR count). The van der Waals surface area contributed by atoms with Crippen molar-refractivity contribution in [1.82, 2.24) is 9.21 Å². The van der Waals surface area contributed by atoms with Gasteiger partial charge in [-0.2, -0.15) is 4.31 Å². The minimum absolute atomic E-state index is 0.153. The van der Waals surface area contributed by atoms with E-state index in [0.29, 0.717) is 12.5 Å². The van der Waals surface area contributed by atoms with Gasteiger partial charge in [-0.1, -0.05) is 18.2 Å². The van der Waals surface area contributed by atoms with Gasteiger partial charge in [-0.15, -0.1) is 0 Å². The molecule has 2 aliphatic rings. The molecule has 0 amide bonds. The highest BCUT2D eigenvalue weighted by molar-refractivity contribution is 7.89.